The Balaban J connectivity index is 1.49. The lowest BCUT2D eigenvalue weighted by atomic mass is 10.1. The first kappa shape index (κ1) is 18.6. The maximum absolute atomic E-state index is 11.4. The van der Waals surface area contributed by atoms with E-state index in [1.54, 1.807) is 11.9 Å². The summed E-state index contributed by atoms with van der Waals surface area (Å²) in [6.07, 6.45) is 1.33. The van der Waals surface area contributed by atoms with E-state index in [-0.39, 0.29) is 0 Å². The summed E-state index contributed by atoms with van der Waals surface area (Å²) < 4.78 is 3.36. The van der Waals surface area contributed by atoms with Gasteiger partial charge in [0.15, 0.2) is 0 Å². The first-order chi connectivity index (χ1) is 12.6. The number of nitrogens with one attached hydrogen (secondary N) is 2. The van der Waals surface area contributed by atoms with E-state index in [9.17, 15) is 4.79 Å². The fourth-order valence-electron chi connectivity index (χ4n) is 2.89. The first-order valence-corrected chi connectivity index (χ1v) is 10.1. The lowest BCUT2D eigenvalue weighted by Crippen LogP contribution is -2.33. The summed E-state index contributed by atoms with van der Waals surface area (Å²) in [6, 6.07) is 17.0. The second-order valence-corrected chi connectivity index (χ2v) is 8.27. The standard InChI is InChI=1S/C21H27N3OS/c1-16(2)26-23-19-5-3-17(4-6-19)15-22-18-7-9-20(10-8-18)24-13-11-21(25)12-14-24/h3-10,16,22-23H,11-15H2,1-2H3. The quantitative estimate of drug-likeness (QED) is 0.677. The molecule has 0 bridgehead atoms. The molecule has 0 unspecified atom stereocenters. The van der Waals surface area contributed by atoms with Crippen molar-refractivity contribution in [1.82, 2.24) is 0 Å². The summed E-state index contributed by atoms with van der Waals surface area (Å²) in [6.45, 7) is 6.81. The molecule has 1 aliphatic heterocycles. The molecule has 1 heterocycles. The van der Waals surface area contributed by atoms with Gasteiger partial charge in [-0.2, -0.15) is 0 Å². The van der Waals surface area contributed by atoms with Crippen LogP contribution in [0, 0.1) is 0 Å². The van der Waals surface area contributed by atoms with Crippen LogP contribution in [0.4, 0.5) is 17.1 Å². The minimum Gasteiger partial charge on any atom is -0.381 e. The number of Topliss-reactive ketones (excluding diaryl/α,β-unsaturated/α-hetero) is 1. The maximum atomic E-state index is 11.4. The van der Waals surface area contributed by atoms with Crippen LogP contribution in [0.15, 0.2) is 48.5 Å². The lowest BCUT2D eigenvalue weighted by Gasteiger charge is -2.28. The Labute approximate surface area is 160 Å². The third-order valence-electron chi connectivity index (χ3n) is 4.42. The van der Waals surface area contributed by atoms with Gasteiger partial charge in [-0.15, -0.1) is 0 Å². The summed E-state index contributed by atoms with van der Waals surface area (Å²) in [5, 5.41) is 4.03. The van der Waals surface area contributed by atoms with Crippen LogP contribution in [0.5, 0.6) is 0 Å². The van der Waals surface area contributed by atoms with E-state index in [2.05, 4.69) is 77.3 Å². The van der Waals surface area contributed by atoms with Gasteiger partial charge in [-0.25, -0.2) is 0 Å². The van der Waals surface area contributed by atoms with Crippen molar-refractivity contribution in [3.8, 4) is 0 Å². The van der Waals surface area contributed by atoms with E-state index in [1.807, 2.05) is 0 Å². The molecular weight excluding hydrogens is 342 g/mol. The number of nitrogens with zero attached hydrogens (tertiary/aromatic N) is 1. The second kappa shape index (κ2) is 8.99. The summed E-state index contributed by atoms with van der Waals surface area (Å²) >= 11 is 1.73. The SMILES string of the molecule is CC(C)SNc1ccc(CNc2ccc(N3CCC(=O)CC3)cc2)cc1. The topological polar surface area (TPSA) is 44.4 Å². The predicted molar refractivity (Wildman–Crippen MR) is 113 cm³/mol. The molecule has 138 valence electrons. The number of anilines is 3. The van der Waals surface area contributed by atoms with Gasteiger partial charge in [-0.1, -0.05) is 26.0 Å². The average Bonchev–Trinajstić information content (AvgIpc) is 2.66. The number of benzene rings is 2. The highest BCUT2D eigenvalue weighted by Gasteiger charge is 2.16. The smallest absolute Gasteiger partial charge is 0.136 e. The van der Waals surface area contributed by atoms with Crippen LogP contribution in [-0.4, -0.2) is 24.1 Å². The van der Waals surface area contributed by atoms with Crippen LogP contribution in [-0.2, 0) is 11.3 Å². The second-order valence-electron chi connectivity index (χ2n) is 6.89. The zero-order valence-electron chi connectivity index (χ0n) is 15.5. The van der Waals surface area contributed by atoms with E-state index in [1.165, 1.54) is 11.3 Å². The zero-order valence-corrected chi connectivity index (χ0v) is 16.3. The monoisotopic (exact) mass is 369 g/mol. The Morgan fingerprint density at radius 3 is 2.19 bits per heavy atom. The van der Waals surface area contributed by atoms with E-state index in [0.29, 0.717) is 23.9 Å². The van der Waals surface area contributed by atoms with Gasteiger partial charge in [0.25, 0.3) is 0 Å². The van der Waals surface area contributed by atoms with Crippen LogP contribution < -0.4 is 14.9 Å². The maximum Gasteiger partial charge on any atom is 0.136 e. The molecule has 0 radical (unpaired) electrons. The molecule has 5 heteroatoms. The van der Waals surface area contributed by atoms with Gasteiger partial charge in [-0.3, -0.25) is 4.79 Å². The van der Waals surface area contributed by atoms with Gasteiger partial charge in [0, 0.05) is 54.8 Å². The van der Waals surface area contributed by atoms with Crippen molar-refractivity contribution >= 4 is 34.8 Å². The van der Waals surface area contributed by atoms with Gasteiger partial charge in [-0.05, 0) is 53.9 Å². The molecule has 1 fully saturated rings. The summed E-state index contributed by atoms with van der Waals surface area (Å²) in [7, 11) is 0. The normalized spacial score (nSPS) is 14.6. The highest BCUT2D eigenvalue weighted by Crippen LogP contribution is 2.22. The minimum atomic E-state index is 0.378. The predicted octanol–water partition coefficient (Wildman–Crippen LogP) is 4.94. The highest BCUT2D eigenvalue weighted by atomic mass is 32.2. The van der Waals surface area contributed by atoms with Gasteiger partial charge in [0.05, 0.1) is 0 Å². The molecule has 0 aliphatic carbocycles. The fourth-order valence-corrected chi connectivity index (χ4v) is 3.39. The number of piperidine rings is 1. The highest BCUT2D eigenvalue weighted by molar-refractivity contribution is 8.01. The van der Waals surface area contributed by atoms with Crippen molar-refractivity contribution in [2.75, 3.05) is 28.0 Å². The first-order valence-electron chi connectivity index (χ1n) is 9.21. The van der Waals surface area contributed by atoms with Crippen LogP contribution in [0.3, 0.4) is 0 Å². The Kier molecular flexibility index (Phi) is 6.45. The molecule has 3 rings (SSSR count). The Morgan fingerprint density at radius 2 is 1.58 bits per heavy atom. The molecule has 0 aromatic heterocycles. The molecule has 1 aliphatic rings. The van der Waals surface area contributed by atoms with E-state index in [4.69, 9.17) is 0 Å². The molecular formula is C21H27N3OS. The largest absolute Gasteiger partial charge is 0.381 e. The van der Waals surface area contributed by atoms with Crippen LogP contribution >= 0.6 is 11.9 Å². The van der Waals surface area contributed by atoms with E-state index in [0.717, 1.165) is 31.0 Å². The van der Waals surface area contributed by atoms with E-state index >= 15 is 0 Å². The molecule has 1 saturated heterocycles. The summed E-state index contributed by atoms with van der Waals surface area (Å²) in [5.74, 6) is 0.378. The Hall–Kier alpha value is -2.14. The number of hydrogen-bond donors (Lipinski definition) is 2. The molecule has 2 aromatic rings. The molecule has 0 atom stereocenters. The number of carbonyl (C=O) groups is 1. The van der Waals surface area contributed by atoms with Crippen molar-refractivity contribution in [3.05, 3.63) is 54.1 Å². The Morgan fingerprint density at radius 1 is 0.962 bits per heavy atom. The van der Waals surface area contributed by atoms with Crippen molar-refractivity contribution in [1.29, 1.82) is 0 Å². The minimum absolute atomic E-state index is 0.378. The number of rotatable bonds is 7. The van der Waals surface area contributed by atoms with Crippen molar-refractivity contribution in [2.24, 2.45) is 0 Å². The van der Waals surface area contributed by atoms with Gasteiger partial charge >= 0.3 is 0 Å². The van der Waals surface area contributed by atoms with Crippen molar-refractivity contribution in [3.63, 3.8) is 0 Å². The Bertz CT molecular complexity index is 703. The number of carbonyl (C=O) groups excluding carboxylic acids is 1. The molecule has 2 aromatic carbocycles. The van der Waals surface area contributed by atoms with Crippen molar-refractivity contribution < 1.29 is 4.79 Å². The molecule has 4 nitrogen and oxygen atoms in total. The van der Waals surface area contributed by atoms with Gasteiger partial charge in [0.2, 0.25) is 0 Å². The number of ketones is 1. The molecule has 0 amide bonds. The summed E-state index contributed by atoms with van der Waals surface area (Å²) in [5.41, 5.74) is 4.70. The molecule has 0 saturated carbocycles. The fraction of sp³-hybridized carbons (Fsp3) is 0.381. The average molecular weight is 370 g/mol. The molecule has 2 N–H and O–H groups in total. The summed E-state index contributed by atoms with van der Waals surface area (Å²) in [4.78, 5) is 13.6. The third kappa shape index (κ3) is 5.43. The van der Waals surface area contributed by atoms with Crippen LogP contribution in [0.1, 0.15) is 32.3 Å². The molecule has 26 heavy (non-hydrogen) atoms. The van der Waals surface area contributed by atoms with Crippen LogP contribution in [0.25, 0.3) is 0 Å². The number of hydrogen-bond acceptors (Lipinski definition) is 5. The van der Waals surface area contributed by atoms with E-state index < -0.39 is 0 Å². The van der Waals surface area contributed by atoms with Gasteiger partial charge < -0.3 is 14.9 Å². The lowest BCUT2D eigenvalue weighted by molar-refractivity contribution is -0.119. The van der Waals surface area contributed by atoms with Gasteiger partial charge in [0.1, 0.15) is 5.78 Å². The van der Waals surface area contributed by atoms with Crippen molar-refractivity contribution in [2.45, 2.75) is 38.5 Å². The zero-order chi connectivity index (χ0) is 18.4. The van der Waals surface area contributed by atoms with Crippen LogP contribution in [0.2, 0.25) is 0 Å². The third-order valence-corrected chi connectivity index (χ3v) is 5.24. The molecule has 0 spiro atoms.